The molecule has 0 saturated carbocycles. The summed E-state index contributed by atoms with van der Waals surface area (Å²) in [5.41, 5.74) is -0.463. The van der Waals surface area contributed by atoms with Gasteiger partial charge in [0, 0.05) is 13.6 Å². The van der Waals surface area contributed by atoms with Crippen molar-refractivity contribution >= 4 is 15.9 Å². The lowest BCUT2D eigenvalue weighted by Crippen LogP contribution is -2.30. The molecule has 0 fully saturated rings. The molecule has 0 unspecified atom stereocenters. The molecular weight excluding hydrogens is 302 g/mol. The number of sulfonamides is 1. The van der Waals surface area contributed by atoms with Crippen LogP contribution in [0.15, 0.2) is 17.0 Å². The second-order valence-electron chi connectivity index (χ2n) is 4.74. The number of rotatable bonds is 6. The lowest BCUT2D eigenvalue weighted by atomic mass is 10.1. The molecule has 0 aliphatic carbocycles. The summed E-state index contributed by atoms with van der Waals surface area (Å²) in [4.78, 5) is 12.7. The maximum Gasteiger partial charge on any atom is 0.255 e. The van der Waals surface area contributed by atoms with E-state index in [1.54, 1.807) is 0 Å². The van der Waals surface area contributed by atoms with Crippen LogP contribution in [0.4, 0.5) is 8.78 Å². The Morgan fingerprint density at radius 3 is 2.33 bits per heavy atom. The SMILES string of the molecule is CCCCCN(C)C(=O)c1cc(F)c(F)cc1S(N)(=O)=O. The summed E-state index contributed by atoms with van der Waals surface area (Å²) in [6.07, 6.45) is 2.58. The zero-order chi connectivity index (χ0) is 16.2. The molecule has 118 valence electrons. The van der Waals surface area contributed by atoms with E-state index in [-0.39, 0.29) is 0 Å². The van der Waals surface area contributed by atoms with Crippen LogP contribution in [0.1, 0.15) is 36.5 Å². The van der Waals surface area contributed by atoms with Crippen molar-refractivity contribution in [2.75, 3.05) is 13.6 Å². The number of carbonyl (C=O) groups excluding carboxylic acids is 1. The van der Waals surface area contributed by atoms with Crippen molar-refractivity contribution in [2.45, 2.75) is 31.1 Å². The van der Waals surface area contributed by atoms with Crippen LogP contribution >= 0.6 is 0 Å². The van der Waals surface area contributed by atoms with Gasteiger partial charge in [0.1, 0.15) is 0 Å². The first-order chi connectivity index (χ1) is 9.68. The Labute approximate surface area is 122 Å². The molecule has 0 saturated heterocycles. The third-order valence-corrected chi connectivity index (χ3v) is 3.95. The van der Waals surface area contributed by atoms with Crippen molar-refractivity contribution < 1.29 is 22.0 Å². The summed E-state index contributed by atoms with van der Waals surface area (Å²) < 4.78 is 49.3. The van der Waals surface area contributed by atoms with E-state index in [2.05, 4.69) is 0 Å². The molecule has 1 rings (SSSR count). The number of hydrogen-bond donors (Lipinski definition) is 1. The van der Waals surface area contributed by atoms with E-state index in [0.29, 0.717) is 18.7 Å². The van der Waals surface area contributed by atoms with E-state index in [9.17, 15) is 22.0 Å². The lowest BCUT2D eigenvalue weighted by molar-refractivity contribution is 0.0788. The Morgan fingerprint density at radius 1 is 1.24 bits per heavy atom. The van der Waals surface area contributed by atoms with E-state index in [0.717, 1.165) is 19.3 Å². The Kier molecular flexibility index (Phi) is 5.79. The first-order valence-electron chi connectivity index (χ1n) is 6.45. The number of carbonyl (C=O) groups is 1. The zero-order valence-corrected chi connectivity index (χ0v) is 12.7. The second kappa shape index (κ2) is 6.95. The summed E-state index contributed by atoms with van der Waals surface area (Å²) in [5.74, 6) is -3.38. The monoisotopic (exact) mass is 320 g/mol. The average molecular weight is 320 g/mol. The smallest absolute Gasteiger partial charge is 0.255 e. The molecule has 0 aliphatic heterocycles. The summed E-state index contributed by atoms with van der Waals surface area (Å²) in [5, 5.41) is 4.95. The molecule has 1 amide bonds. The van der Waals surface area contributed by atoms with Crippen molar-refractivity contribution in [3.63, 3.8) is 0 Å². The molecule has 5 nitrogen and oxygen atoms in total. The number of primary sulfonamides is 1. The fourth-order valence-corrected chi connectivity index (χ4v) is 2.56. The van der Waals surface area contributed by atoms with E-state index in [1.165, 1.54) is 11.9 Å². The van der Waals surface area contributed by atoms with Gasteiger partial charge in [0.2, 0.25) is 10.0 Å². The van der Waals surface area contributed by atoms with Crippen LogP contribution in [0.3, 0.4) is 0 Å². The van der Waals surface area contributed by atoms with E-state index < -0.39 is 38.0 Å². The summed E-state index contributed by atoms with van der Waals surface area (Å²) in [7, 11) is -2.87. The van der Waals surface area contributed by atoms with Crippen LogP contribution in [0.25, 0.3) is 0 Å². The highest BCUT2D eigenvalue weighted by Gasteiger charge is 2.24. The Balaban J connectivity index is 3.17. The molecule has 21 heavy (non-hydrogen) atoms. The minimum Gasteiger partial charge on any atom is -0.342 e. The Hall–Kier alpha value is -1.54. The number of unbranched alkanes of at least 4 members (excludes halogenated alkanes) is 2. The molecule has 0 radical (unpaired) electrons. The second-order valence-corrected chi connectivity index (χ2v) is 6.27. The van der Waals surface area contributed by atoms with Gasteiger partial charge in [-0.2, -0.15) is 0 Å². The minimum atomic E-state index is -4.33. The van der Waals surface area contributed by atoms with Crippen molar-refractivity contribution in [1.29, 1.82) is 0 Å². The van der Waals surface area contributed by atoms with Crippen LogP contribution < -0.4 is 5.14 Å². The van der Waals surface area contributed by atoms with Crippen molar-refractivity contribution in [1.82, 2.24) is 4.90 Å². The summed E-state index contributed by atoms with van der Waals surface area (Å²) in [6, 6.07) is 0.992. The van der Waals surface area contributed by atoms with Gasteiger partial charge in [-0.3, -0.25) is 4.79 Å². The molecule has 0 aliphatic rings. The molecule has 8 heteroatoms. The number of nitrogens with zero attached hydrogens (tertiary/aromatic N) is 1. The molecular formula is C13H18F2N2O3S. The summed E-state index contributed by atoms with van der Waals surface area (Å²) in [6.45, 7) is 2.38. The van der Waals surface area contributed by atoms with E-state index in [4.69, 9.17) is 5.14 Å². The molecule has 1 aromatic carbocycles. The van der Waals surface area contributed by atoms with Crippen molar-refractivity contribution in [3.05, 3.63) is 29.3 Å². The van der Waals surface area contributed by atoms with Crippen molar-refractivity contribution in [3.8, 4) is 0 Å². The largest absolute Gasteiger partial charge is 0.342 e. The molecule has 2 N–H and O–H groups in total. The maximum absolute atomic E-state index is 13.3. The van der Waals surface area contributed by atoms with Crippen LogP contribution in [-0.2, 0) is 10.0 Å². The predicted octanol–water partition coefficient (Wildman–Crippen LogP) is 1.87. The van der Waals surface area contributed by atoms with Gasteiger partial charge >= 0.3 is 0 Å². The Bertz CT molecular complexity index is 633. The molecule has 0 spiro atoms. The van der Waals surface area contributed by atoms with Gasteiger partial charge in [-0.25, -0.2) is 22.3 Å². The molecule has 0 atom stereocenters. The normalized spacial score (nSPS) is 11.5. The standard InChI is InChI=1S/C13H18F2N2O3S/c1-3-4-5-6-17(2)13(18)9-7-10(14)11(15)8-12(9)21(16,19)20/h7-8H,3-6H2,1-2H3,(H2,16,19,20). The fraction of sp³-hybridized carbons (Fsp3) is 0.462. The lowest BCUT2D eigenvalue weighted by Gasteiger charge is -2.18. The van der Waals surface area contributed by atoms with Gasteiger partial charge in [-0.15, -0.1) is 0 Å². The first-order valence-corrected chi connectivity index (χ1v) is 8.00. The third kappa shape index (κ3) is 4.47. The van der Waals surface area contributed by atoms with Crippen LogP contribution in [0.2, 0.25) is 0 Å². The highest BCUT2D eigenvalue weighted by molar-refractivity contribution is 7.89. The van der Waals surface area contributed by atoms with Gasteiger partial charge in [-0.05, 0) is 18.6 Å². The third-order valence-electron chi connectivity index (χ3n) is 3.00. The zero-order valence-electron chi connectivity index (χ0n) is 11.9. The number of halogens is 2. The predicted molar refractivity (Wildman–Crippen MR) is 74.2 cm³/mol. The minimum absolute atomic E-state index is 0.385. The van der Waals surface area contributed by atoms with Gasteiger partial charge in [0.15, 0.2) is 11.6 Å². The number of amides is 1. The van der Waals surface area contributed by atoms with E-state index >= 15 is 0 Å². The van der Waals surface area contributed by atoms with Gasteiger partial charge in [-0.1, -0.05) is 19.8 Å². The van der Waals surface area contributed by atoms with E-state index in [1.807, 2.05) is 6.92 Å². The van der Waals surface area contributed by atoms with Crippen LogP contribution in [0.5, 0.6) is 0 Å². The maximum atomic E-state index is 13.3. The highest BCUT2D eigenvalue weighted by atomic mass is 32.2. The average Bonchev–Trinajstić information content (AvgIpc) is 2.39. The fourth-order valence-electron chi connectivity index (χ4n) is 1.84. The molecule has 0 bridgehead atoms. The summed E-state index contributed by atoms with van der Waals surface area (Å²) >= 11 is 0. The van der Waals surface area contributed by atoms with Gasteiger partial charge < -0.3 is 4.90 Å². The van der Waals surface area contributed by atoms with Crippen LogP contribution in [-0.4, -0.2) is 32.8 Å². The van der Waals surface area contributed by atoms with Gasteiger partial charge in [0.05, 0.1) is 10.5 Å². The number of benzene rings is 1. The number of hydrogen-bond acceptors (Lipinski definition) is 3. The Morgan fingerprint density at radius 2 is 1.81 bits per heavy atom. The van der Waals surface area contributed by atoms with Crippen LogP contribution in [0, 0.1) is 11.6 Å². The van der Waals surface area contributed by atoms with Gasteiger partial charge in [0.25, 0.3) is 5.91 Å². The van der Waals surface area contributed by atoms with Crippen molar-refractivity contribution in [2.24, 2.45) is 5.14 Å². The molecule has 0 aromatic heterocycles. The topological polar surface area (TPSA) is 80.5 Å². The molecule has 0 heterocycles. The first kappa shape index (κ1) is 17.5. The highest BCUT2D eigenvalue weighted by Crippen LogP contribution is 2.20. The number of nitrogens with two attached hydrogens (primary N) is 1. The quantitative estimate of drug-likeness (QED) is 0.813. The molecule has 1 aromatic rings.